The third-order valence-electron chi connectivity index (χ3n) is 6.05. The van der Waals surface area contributed by atoms with E-state index in [0.717, 1.165) is 18.9 Å². The Labute approximate surface area is 194 Å². The molecule has 0 bridgehead atoms. The van der Waals surface area contributed by atoms with Crippen LogP contribution in [-0.2, 0) is 18.9 Å². The van der Waals surface area contributed by atoms with Gasteiger partial charge in [0.25, 0.3) is 0 Å². The van der Waals surface area contributed by atoms with Gasteiger partial charge >= 0.3 is 12.4 Å². The normalized spacial score (nSPS) is 14.5. The van der Waals surface area contributed by atoms with Gasteiger partial charge in [-0.3, -0.25) is 0 Å². The molecule has 0 amide bonds. The molecule has 1 aliphatic rings. The zero-order valence-corrected chi connectivity index (χ0v) is 17.8. The van der Waals surface area contributed by atoms with Gasteiger partial charge < -0.3 is 8.98 Å². The van der Waals surface area contributed by atoms with Gasteiger partial charge in [0.2, 0.25) is 0 Å². The van der Waals surface area contributed by atoms with Gasteiger partial charge in [-0.1, -0.05) is 0 Å². The SMILES string of the molecule is N#Cc1ccc2c(cc(C3CC3)n2Cc2ccc(-c3cc(C(F)(F)F)ccc3F)o2)c1C(F)(F)F. The van der Waals surface area contributed by atoms with Crippen LogP contribution in [0.1, 0.15) is 46.9 Å². The molecule has 0 saturated heterocycles. The lowest BCUT2D eigenvalue weighted by atomic mass is 10.0. The van der Waals surface area contributed by atoms with Crippen molar-refractivity contribution in [2.45, 2.75) is 37.7 Å². The number of rotatable bonds is 4. The number of alkyl halides is 6. The molecular formula is C25H15F7N2O. The summed E-state index contributed by atoms with van der Waals surface area (Å²) >= 11 is 0. The van der Waals surface area contributed by atoms with Gasteiger partial charge in [-0.25, -0.2) is 4.39 Å². The van der Waals surface area contributed by atoms with E-state index in [4.69, 9.17) is 4.42 Å². The monoisotopic (exact) mass is 492 g/mol. The smallest absolute Gasteiger partial charge is 0.418 e. The van der Waals surface area contributed by atoms with Crippen molar-refractivity contribution >= 4 is 10.9 Å². The summed E-state index contributed by atoms with van der Waals surface area (Å²) in [5.74, 6) is -0.753. The molecule has 2 heterocycles. The van der Waals surface area contributed by atoms with Gasteiger partial charge in [-0.2, -0.15) is 31.6 Å². The van der Waals surface area contributed by atoms with Crippen LogP contribution in [0.4, 0.5) is 30.7 Å². The molecule has 180 valence electrons. The highest BCUT2D eigenvalue weighted by atomic mass is 19.4. The summed E-state index contributed by atoms with van der Waals surface area (Å²) in [6, 6.07) is 10.3. The fraction of sp³-hybridized carbons (Fsp3) is 0.240. The van der Waals surface area contributed by atoms with Crippen LogP contribution in [0.15, 0.2) is 52.9 Å². The van der Waals surface area contributed by atoms with Crippen molar-refractivity contribution in [2.75, 3.05) is 0 Å². The van der Waals surface area contributed by atoms with E-state index in [1.165, 1.54) is 24.3 Å². The first-order valence-corrected chi connectivity index (χ1v) is 10.6. The molecule has 1 saturated carbocycles. The summed E-state index contributed by atoms with van der Waals surface area (Å²) in [7, 11) is 0. The van der Waals surface area contributed by atoms with E-state index in [1.807, 2.05) is 0 Å². The van der Waals surface area contributed by atoms with E-state index in [-0.39, 0.29) is 40.4 Å². The number of halogens is 7. The Hall–Kier alpha value is -3.74. The average molecular weight is 492 g/mol. The van der Waals surface area contributed by atoms with E-state index < -0.39 is 34.9 Å². The molecule has 5 rings (SSSR count). The molecule has 10 heteroatoms. The van der Waals surface area contributed by atoms with Crippen LogP contribution >= 0.6 is 0 Å². The maximum Gasteiger partial charge on any atom is 0.418 e. The van der Waals surface area contributed by atoms with Gasteiger partial charge in [0.05, 0.1) is 34.9 Å². The van der Waals surface area contributed by atoms with E-state index in [9.17, 15) is 36.0 Å². The Morgan fingerprint density at radius 3 is 2.31 bits per heavy atom. The van der Waals surface area contributed by atoms with Gasteiger partial charge in [0, 0.05) is 16.6 Å². The van der Waals surface area contributed by atoms with E-state index in [1.54, 1.807) is 10.6 Å². The number of furan rings is 1. The molecule has 0 unspecified atom stereocenters. The molecule has 0 N–H and O–H groups in total. The first-order valence-electron chi connectivity index (χ1n) is 10.6. The van der Waals surface area contributed by atoms with Crippen molar-refractivity contribution in [1.82, 2.24) is 4.57 Å². The van der Waals surface area contributed by atoms with Crippen LogP contribution in [0, 0.1) is 17.1 Å². The minimum absolute atomic E-state index is 0.0148. The summed E-state index contributed by atoms with van der Waals surface area (Å²) in [6.07, 6.45) is -7.82. The van der Waals surface area contributed by atoms with Crippen molar-refractivity contribution in [3.63, 3.8) is 0 Å². The second-order valence-corrected chi connectivity index (χ2v) is 8.42. The Morgan fingerprint density at radius 1 is 0.943 bits per heavy atom. The fourth-order valence-electron chi connectivity index (χ4n) is 4.30. The van der Waals surface area contributed by atoms with E-state index >= 15 is 0 Å². The zero-order chi connectivity index (χ0) is 25.1. The highest BCUT2D eigenvalue weighted by Gasteiger charge is 2.38. The molecule has 0 atom stereocenters. The summed E-state index contributed by atoms with van der Waals surface area (Å²) in [6.45, 7) is -0.0148. The van der Waals surface area contributed by atoms with Crippen LogP contribution in [0.5, 0.6) is 0 Å². The van der Waals surface area contributed by atoms with Gasteiger partial charge in [0.15, 0.2) is 0 Å². The maximum absolute atomic E-state index is 14.3. The lowest BCUT2D eigenvalue weighted by Crippen LogP contribution is -2.09. The van der Waals surface area contributed by atoms with Crippen LogP contribution < -0.4 is 0 Å². The first kappa shape index (κ1) is 23.0. The topological polar surface area (TPSA) is 41.9 Å². The molecule has 1 fully saturated rings. The summed E-state index contributed by atoms with van der Waals surface area (Å²) < 4.78 is 102. The average Bonchev–Trinajstić information content (AvgIpc) is 3.42. The van der Waals surface area contributed by atoms with Crippen LogP contribution in [0.2, 0.25) is 0 Å². The summed E-state index contributed by atoms with van der Waals surface area (Å²) in [5, 5.41) is 9.10. The number of fused-ring (bicyclic) bond motifs is 1. The van der Waals surface area contributed by atoms with Gasteiger partial charge in [-0.05, 0) is 67.3 Å². The molecule has 0 radical (unpaired) electrons. The molecule has 3 nitrogen and oxygen atoms in total. The predicted molar refractivity (Wildman–Crippen MR) is 112 cm³/mol. The highest BCUT2D eigenvalue weighted by Crippen LogP contribution is 2.46. The number of hydrogen-bond donors (Lipinski definition) is 0. The Bertz CT molecular complexity index is 1480. The van der Waals surface area contributed by atoms with Gasteiger partial charge in [0.1, 0.15) is 17.3 Å². The minimum atomic E-state index is -4.74. The number of benzene rings is 2. The largest absolute Gasteiger partial charge is 0.459 e. The maximum atomic E-state index is 14.3. The lowest BCUT2D eigenvalue weighted by molar-refractivity contribution is -0.138. The fourth-order valence-corrected chi connectivity index (χ4v) is 4.30. The van der Waals surface area contributed by atoms with Crippen molar-refractivity contribution < 1.29 is 35.2 Å². The molecule has 0 aliphatic heterocycles. The number of aromatic nitrogens is 1. The summed E-state index contributed by atoms with van der Waals surface area (Å²) in [4.78, 5) is 0. The Balaban J connectivity index is 1.58. The molecule has 2 aromatic heterocycles. The quantitative estimate of drug-likeness (QED) is 0.272. The molecule has 0 spiro atoms. The van der Waals surface area contributed by atoms with E-state index in [0.29, 0.717) is 23.9 Å². The predicted octanol–water partition coefficient (Wildman–Crippen LogP) is 7.88. The molecular weight excluding hydrogens is 477 g/mol. The lowest BCUT2D eigenvalue weighted by Gasteiger charge is -2.12. The molecule has 35 heavy (non-hydrogen) atoms. The first-order chi connectivity index (χ1) is 16.5. The minimum Gasteiger partial charge on any atom is -0.459 e. The third-order valence-corrected chi connectivity index (χ3v) is 6.05. The number of nitrogens with zero attached hydrogens (tertiary/aromatic N) is 2. The van der Waals surface area contributed by atoms with Crippen LogP contribution in [-0.4, -0.2) is 4.57 Å². The second-order valence-electron chi connectivity index (χ2n) is 8.42. The summed E-state index contributed by atoms with van der Waals surface area (Å²) in [5.41, 5.74) is -2.00. The standard InChI is InChI=1S/C25H15F7N2O/c26-19-6-4-15(24(27,28)29)9-17(19)22-8-5-16(35-22)12-34-20-7-3-14(11-33)23(25(30,31)32)18(20)10-21(34)13-1-2-13/h3-10,13H,1-2,12H2. The molecule has 2 aromatic carbocycles. The Morgan fingerprint density at radius 2 is 1.69 bits per heavy atom. The zero-order valence-electron chi connectivity index (χ0n) is 17.8. The number of nitriles is 1. The Kier molecular flexibility index (Phi) is 5.20. The number of hydrogen-bond acceptors (Lipinski definition) is 2. The molecule has 4 aromatic rings. The van der Waals surface area contributed by atoms with Gasteiger partial charge in [-0.15, -0.1) is 0 Å². The highest BCUT2D eigenvalue weighted by molar-refractivity contribution is 5.88. The van der Waals surface area contributed by atoms with Crippen molar-refractivity contribution in [3.05, 3.63) is 82.5 Å². The van der Waals surface area contributed by atoms with Crippen molar-refractivity contribution in [3.8, 4) is 17.4 Å². The van der Waals surface area contributed by atoms with Crippen molar-refractivity contribution in [1.29, 1.82) is 5.26 Å². The molecule has 1 aliphatic carbocycles. The van der Waals surface area contributed by atoms with Crippen LogP contribution in [0.25, 0.3) is 22.2 Å². The third kappa shape index (κ3) is 4.16. The van der Waals surface area contributed by atoms with Crippen molar-refractivity contribution in [2.24, 2.45) is 0 Å². The van der Waals surface area contributed by atoms with E-state index in [2.05, 4.69) is 0 Å². The van der Waals surface area contributed by atoms with Crippen LogP contribution in [0.3, 0.4) is 0 Å². The second kappa shape index (κ2) is 7.90.